The lowest BCUT2D eigenvalue weighted by Crippen LogP contribution is -2.46. The van der Waals surface area contributed by atoms with Crippen molar-refractivity contribution in [1.29, 1.82) is 0 Å². The third-order valence-electron chi connectivity index (χ3n) is 9.58. The molecule has 39 heavy (non-hydrogen) atoms. The standard InChI is InChI=1S/C37H72N2/c1-10-14-18-22-26-38(8,27-23-19-15-11-2)31-36-33(5)30-34(6)37(35(36)7)32-39(9,28-24-20-16-12-3)29-25-21-17-13-4/h30H,10-29,31-32H2,1-9H3/q+2. The van der Waals surface area contributed by atoms with Crippen LogP contribution in [-0.2, 0) is 13.1 Å². The van der Waals surface area contributed by atoms with Crippen LogP contribution in [0.15, 0.2) is 6.07 Å². The van der Waals surface area contributed by atoms with Crippen molar-refractivity contribution in [3.8, 4) is 0 Å². The van der Waals surface area contributed by atoms with Crippen LogP contribution in [0.5, 0.6) is 0 Å². The first kappa shape index (κ1) is 36.2. The summed E-state index contributed by atoms with van der Waals surface area (Å²) in [6, 6.07) is 2.54. The molecule has 1 rings (SSSR count). The molecule has 0 spiro atoms. The maximum absolute atomic E-state index is 2.57. The van der Waals surface area contributed by atoms with Crippen LogP contribution >= 0.6 is 0 Å². The molecular formula is C37H72N2+2. The van der Waals surface area contributed by atoms with Crippen LogP contribution in [0, 0.1) is 20.8 Å². The number of aryl methyl sites for hydroxylation is 2. The molecule has 228 valence electrons. The summed E-state index contributed by atoms with van der Waals surface area (Å²) in [5.41, 5.74) is 7.99. The maximum atomic E-state index is 2.57. The predicted molar refractivity (Wildman–Crippen MR) is 176 cm³/mol. The molecule has 0 aromatic heterocycles. The minimum absolute atomic E-state index is 1.21. The predicted octanol–water partition coefficient (Wildman–Crippen LogP) is 10.8. The van der Waals surface area contributed by atoms with Gasteiger partial charge in [-0.05, 0) is 88.8 Å². The number of hydrogen-bond acceptors (Lipinski definition) is 0. The number of unbranched alkanes of at least 4 members (excludes halogenated alkanes) is 12. The molecule has 0 saturated heterocycles. The van der Waals surface area contributed by atoms with Gasteiger partial charge in [0.1, 0.15) is 13.1 Å². The van der Waals surface area contributed by atoms with Crippen molar-refractivity contribution in [2.24, 2.45) is 0 Å². The molecule has 0 aliphatic heterocycles. The Morgan fingerprint density at radius 2 is 0.718 bits per heavy atom. The van der Waals surface area contributed by atoms with Crippen LogP contribution in [0.4, 0.5) is 0 Å². The monoisotopic (exact) mass is 545 g/mol. The van der Waals surface area contributed by atoms with Gasteiger partial charge in [0.2, 0.25) is 0 Å². The molecule has 0 radical (unpaired) electrons. The first-order valence-electron chi connectivity index (χ1n) is 17.4. The minimum atomic E-state index is 1.21. The first-order valence-corrected chi connectivity index (χ1v) is 17.4. The molecule has 0 amide bonds. The normalized spacial score (nSPS) is 12.4. The largest absolute Gasteiger partial charge is 0.322 e. The van der Waals surface area contributed by atoms with Crippen molar-refractivity contribution in [1.82, 2.24) is 0 Å². The fraction of sp³-hybridized carbons (Fsp3) is 0.838. The van der Waals surface area contributed by atoms with Crippen LogP contribution in [0.2, 0.25) is 0 Å². The second kappa shape index (κ2) is 20.1. The molecule has 1 aromatic rings. The van der Waals surface area contributed by atoms with Crippen LogP contribution in [0.3, 0.4) is 0 Å². The zero-order valence-electron chi connectivity index (χ0n) is 28.5. The lowest BCUT2D eigenvalue weighted by Gasteiger charge is -2.38. The van der Waals surface area contributed by atoms with E-state index in [1.165, 1.54) is 162 Å². The van der Waals surface area contributed by atoms with Gasteiger partial charge in [-0.15, -0.1) is 0 Å². The van der Waals surface area contributed by atoms with Crippen LogP contribution in [0.25, 0.3) is 0 Å². The van der Waals surface area contributed by atoms with E-state index in [9.17, 15) is 0 Å². The van der Waals surface area contributed by atoms with Crippen LogP contribution in [0.1, 0.15) is 158 Å². The Balaban J connectivity index is 3.22. The van der Waals surface area contributed by atoms with Crippen molar-refractivity contribution < 1.29 is 8.97 Å². The molecule has 1 aromatic carbocycles. The third kappa shape index (κ3) is 14.0. The van der Waals surface area contributed by atoms with E-state index in [0.29, 0.717) is 0 Å². The van der Waals surface area contributed by atoms with E-state index in [-0.39, 0.29) is 0 Å². The third-order valence-corrected chi connectivity index (χ3v) is 9.58. The molecule has 0 bridgehead atoms. The van der Waals surface area contributed by atoms with Crippen molar-refractivity contribution >= 4 is 0 Å². The van der Waals surface area contributed by atoms with E-state index in [0.717, 1.165) is 0 Å². The van der Waals surface area contributed by atoms with Gasteiger partial charge in [-0.1, -0.05) is 85.1 Å². The van der Waals surface area contributed by atoms with E-state index >= 15 is 0 Å². The number of nitrogens with zero attached hydrogens (tertiary/aromatic N) is 2. The van der Waals surface area contributed by atoms with Crippen molar-refractivity contribution in [3.05, 3.63) is 33.9 Å². The highest BCUT2D eigenvalue weighted by atomic mass is 15.3. The number of quaternary nitrogens is 2. The number of benzene rings is 1. The summed E-state index contributed by atoms with van der Waals surface area (Å²) < 4.78 is 2.44. The highest BCUT2D eigenvalue weighted by molar-refractivity contribution is 5.44. The Labute approximate surface area is 247 Å². The summed E-state index contributed by atoms with van der Waals surface area (Å²) in [4.78, 5) is 0. The fourth-order valence-electron chi connectivity index (χ4n) is 6.74. The molecule has 0 unspecified atom stereocenters. The number of hydrogen-bond donors (Lipinski definition) is 0. The van der Waals surface area contributed by atoms with E-state index in [4.69, 9.17) is 0 Å². The molecule has 2 heteroatoms. The minimum Gasteiger partial charge on any atom is -0.322 e. The van der Waals surface area contributed by atoms with E-state index in [2.05, 4.69) is 68.6 Å². The van der Waals surface area contributed by atoms with Crippen molar-refractivity contribution in [2.75, 3.05) is 40.3 Å². The average molecular weight is 545 g/mol. The Morgan fingerprint density at radius 3 is 0.974 bits per heavy atom. The summed E-state index contributed by atoms with van der Waals surface area (Å²) in [7, 11) is 5.13. The van der Waals surface area contributed by atoms with Crippen LogP contribution < -0.4 is 0 Å². The second-order valence-electron chi connectivity index (χ2n) is 13.8. The highest BCUT2D eigenvalue weighted by Crippen LogP contribution is 2.29. The van der Waals surface area contributed by atoms with Gasteiger partial charge in [0.15, 0.2) is 0 Å². The van der Waals surface area contributed by atoms with Gasteiger partial charge in [-0.2, -0.15) is 0 Å². The van der Waals surface area contributed by atoms with Crippen molar-refractivity contribution in [3.63, 3.8) is 0 Å². The zero-order valence-corrected chi connectivity index (χ0v) is 28.5. The van der Waals surface area contributed by atoms with E-state index in [1.807, 2.05) is 0 Å². The van der Waals surface area contributed by atoms with Gasteiger partial charge in [0.25, 0.3) is 0 Å². The summed E-state index contributed by atoms with van der Waals surface area (Å²) in [5, 5.41) is 0. The Morgan fingerprint density at radius 1 is 0.436 bits per heavy atom. The van der Waals surface area contributed by atoms with Gasteiger partial charge >= 0.3 is 0 Å². The molecular weight excluding hydrogens is 472 g/mol. The quantitative estimate of drug-likeness (QED) is 0.0896. The molecule has 0 aliphatic carbocycles. The number of rotatable bonds is 24. The summed E-state index contributed by atoms with van der Waals surface area (Å²) >= 11 is 0. The summed E-state index contributed by atoms with van der Waals surface area (Å²) in [6.45, 7) is 24.3. The Kier molecular flexibility index (Phi) is 18.6. The van der Waals surface area contributed by atoms with Crippen LogP contribution in [-0.4, -0.2) is 49.2 Å². The SMILES string of the molecule is CCCCCC[N+](C)(CCCCCC)Cc1c(C)cc(C)c(C[N+](C)(CCCCCC)CCCCCC)c1C. The van der Waals surface area contributed by atoms with Crippen molar-refractivity contribution in [2.45, 2.75) is 164 Å². The van der Waals surface area contributed by atoms with E-state index < -0.39 is 0 Å². The molecule has 0 N–H and O–H groups in total. The molecule has 0 aliphatic rings. The highest BCUT2D eigenvalue weighted by Gasteiger charge is 2.28. The summed E-state index contributed by atoms with van der Waals surface area (Å²) in [6.07, 6.45) is 21.9. The zero-order chi connectivity index (χ0) is 29.2. The van der Waals surface area contributed by atoms with Gasteiger partial charge in [-0.25, -0.2) is 0 Å². The Bertz CT molecular complexity index is 681. The van der Waals surface area contributed by atoms with Gasteiger partial charge in [-0.3, -0.25) is 0 Å². The van der Waals surface area contributed by atoms with Gasteiger partial charge < -0.3 is 8.97 Å². The fourth-order valence-corrected chi connectivity index (χ4v) is 6.74. The lowest BCUT2D eigenvalue weighted by atomic mass is 9.91. The molecule has 0 heterocycles. The smallest absolute Gasteiger partial charge is 0.105 e. The first-order chi connectivity index (χ1) is 18.6. The molecule has 0 atom stereocenters. The molecule has 0 fully saturated rings. The second-order valence-corrected chi connectivity index (χ2v) is 13.8. The van der Waals surface area contributed by atoms with E-state index in [1.54, 1.807) is 16.7 Å². The lowest BCUT2D eigenvalue weighted by molar-refractivity contribution is -0.923. The average Bonchev–Trinajstić information content (AvgIpc) is 2.90. The summed E-state index contributed by atoms with van der Waals surface area (Å²) in [5.74, 6) is 0. The Hall–Kier alpha value is -0.860. The maximum Gasteiger partial charge on any atom is 0.105 e. The molecule has 0 saturated carbocycles. The topological polar surface area (TPSA) is 0 Å². The van der Waals surface area contributed by atoms with Gasteiger partial charge in [0.05, 0.1) is 40.3 Å². The van der Waals surface area contributed by atoms with Gasteiger partial charge in [0, 0.05) is 11.1 Å². The molecule has 2 nitrogen and oxygen atoms in total.